The van der Waals surface area contributed by atoms with Crippen LogP contribution in [-0.2, 0) is 10.3 Å². The van der Waals surface area contributed by atoms with Crippen molar-refractivity contribution in [2.24, 2.45) is 5.73 Å². The van der Waals surface area contributed by atoms with Crippen molar-refractivity contribution in [1.29, 1.82) is 0 Å². The minimum Gasteiger partial charge on any atom is -0.508 e. The summed E-state index contributed by atoms with van der Waals surface area (Å²) >= 11 is 0. The third kappa shape index (κ3) is 1.87. The maximum absolute atomic E-state index is 10.9. The van der Waals surface area contributed by atoms with E-state index >= 15 is 0 Å². The lowest BCUT2D eigenvalue weighted by Gasteiger charge is -2.21. The average molecular weight is 211 g/mol. The number of carboxylic acid groups (broad SMARTS) is 1. The van der Waals surface area contributed by atoms with Gasteiger partial charge in [0.25, 0.3) is 0 Å². The van der Waals surface area contributed by atoms with Crippen LogP contribution >= 0.6 is 0 Å². The van der Waals surface area contributed by atoms with Crippen LogP contribution in [-0.4, -0.2) is 21.3 Å². The van der Waals surface area contributed by atoms with Gasteiger partial charge in [0.05, 0.1) is 0 Å². The molecule has 0 bridgehead atoms. The quantitative estimate of drug-likeness (QED) is 0.538. The Bertz CT molecular complexity index is 412. The lowest BCUT2D eigenvalue weighted by atomic mass is 9.91. The van der Waals surface area contributed by atoms with Crippen molar-refractivity contribution >= 4 is 5.97 Å². The number of carbonyl (C=O) groups is 1. The summed E-state index contributed by atoms with van der Waals surface area (Å²) in [6.45, 7) is 2.84. The Hall–Kier alpha value is -1.75. The van der Waals surface area contributed by atoms with Gasteiger partial charge in [-0.2, -0.15) is 0 Å². The molecule has 0 saturated carbocycles. The molecule has 0 heterocycles. The molecule has 0 amide bonds. The van der Waals surface area contributed by atoms with Gasteiger partial charge in [-0.1, -0.05) is 0 Å². The number of aliphatic carboxylic acids is 1. The van der Waals surface area contributed by atoms with Crippen LogP contribution in [0.25, 0.3) is 0 Å². The number of aryl methyl sites for hydroxylation is 1. The standard InChI is InChI=1S/C10H13NO4/c1-5-3-8(13)6(4-7(5)12)10(2,11)9(14)15/h3-4,12-13H,11H2,1-2H3,(H,14,15)/t10-/m1/s1. The molecule has 0 fully saturated rings. The van der Waals surface area contributed by atoms with Crippen LogP contribution in [0, 0.1) is 6.92 Å². The fraction of sp³-hybridized carbons (Fsp3) is 0.300. The molecule has 0 spiro atoms. The van der Waals surface area contributed by atoms with Crippen LogP contribution in [0.2, 0.25) is 0 Å². The van der Waals surface area contributed by atoms with Crippen LogP contribution in [0.5, 0.6) is 11.5 Å². The minimum absolute atomic E-state index is 0.0156. The molecule has 0 saturated heterocycles. The first kappa shape index (κ1) is 11.3. The molecular formula is C10H13NO4. The molecule has 5 N–H and O–H groups in total. The number of rotatable bonds is 2. The molecule has 0 aliphatic rings. The zero-order valence-corrected chi connectivity index (χ0v) is 8.48. The van der Waals surface area contributed by atoms with E-state index in [0.29, 0.717) is 5.56 Å². The van der Waals surface area contributed by atoms with E-state index < -0.39 is 11.5 Å². The lowest BCUT2D eigenvalue weighted by Crippen LogP contribution is -2.41. The first-order valence-corrected chi connectivity index (χ1v) is 4.32. The number of hydrogen-bond donors (Lipinski definition) is 4. The SMILES string of the molecule is Cc1cc(O)c([C@@](C)(N)C(=O)O)cc1O. The van der Waals surface area contributed by atoms with Crippen molar-refractivity contribution in [2.45, 2.75) is 19.4 Å². The second-order valence-corrected chi connectivity index (χ2v) is 3.66. The maximum atomic E-state index is 10.9. The maximum Gasteiger partial charge on any atom is 0.328 e. The van der Waals surface area contributed by atoms with Crippen molar-refractivity contribution in [3.63, 3.8) is 0 Å². The summed E-state index contributed by atoms with van der Waals surface area (Å²) in [7, 11) is 0. The first-order chi connectivity index (χ1) is 6.76. The van der Waals surface area contributed by atoms with Gasteiger partial charge >= 0.3 is 5.97 Å². The van der Waals surface area contributed by atoms with E-state index in [4.69, 9.17) is 10.8 Å². The van der Waals surface area contributed by atoms with E-state index in [1.54, 1.807) is 6.92 Å². The fourth-order valence-corrected chi connectivity index (χ4v) is 1.21. The number of benzene rings is 1. The molecule has 0 aliphatic carbocycles. The van der Waals surface area contributed by atoms with Gasteiger partial charge in [-0.05, 0) is 31.5 Å². The Kier molecular flexibility index (Phi) is 2.59. The predicted molar refractivity (Wildman–Crippen MR) is 53.7 cm³/mol. The highest BCUT2D eigenvalue weighted by Gasteiger charge is 2.33. The summed E-state index contributed by atoms with van der Waals surface area (Å²) in [4.78, 5) is 10.9. The third-order valence-corrected chi connectivity index (χ3v) is 2.32. The van der Waals surface area contributed by atoms with Crippen LogP contribution in [0.1, 0.15) is 18.1 Å². The number of carboxylic acids is 1. The molecule has 0 aliphatic heterocycles. The fourth-order valence-electron chi connectivity index (χ4n) is 1.21. The molecule has 15 heavy (non-hydrogen) atoms. The van der Waals surface area contributed by atoms with Crippen LogP contribution < -0.4 is 5.73 Å². The van der Waals surface area contributed by atoms with Gasteiger partial charge in [0.15, 0.2) is 0 Å². The molecule has 0 unspecified atom stereocenters. The minimum atomic E-state index is -1.73. The summed E-state index contributed by atoms with van der Waals surface area (Å²) in [6.07, 6.45) is 0. The molecule has 0 aromatic heterocycles. The lowest BCUT2D eigenvalue weighted by molar-refractivity contribution is -0.143. The van der Waals surface area contributed by atoms with Gasteiger partial charge in [-0.15, -0.1) is 0 Å². The highest BCUT2D eigenvalue weighted by molar-refractivity contribution is 5.81. The molecule has 82 valence electrons. The molecule has 0 radical (unpaired) electrons. The molecular weight excluding hydrogens is 198 g/mol. The van der Waals surface area contributed by atoms with Gasteiger partial charge in [-0.3, -0.25) is 0 Å². The Morgan fingerprint density at radius 1 is 1.33 bits per heavy atom. The Morgan fingerprint density at radius 2 is 1.87 bits per heavy atom. The van der Waals surface area contributed by atoms with Crippen molar-refractivity contribution in [3.8, 4) is 11.5 Å². The van der Waals surface area contributed by atoms with Crippen LogP contribution in [0.4, 0.5) is 0 Å². The summed E-state index contributed by atoms with van der Waals surface area (Å²) in [5.41, 5.74) is 4.24. The monoisotopic (exact) mass is 211 g/mol. The van der Waals surface area contributed by atoms with Gasteiger partial charge in [0.1, 0.15) is 17.0 Å². The summed E-state index contributed by atoms with van der Waals surface area (Å²) in [5, 5.41) is 27.8. The van der Waals surface area contributed by atoms with Crippen molar-refractivity contribution in [2.75, 3.05) is 0 Å². The topological polar surface area (TPSA) is 104 Å². The molecule has 1 aromatic carbocycles. The number of aromatic hydroxyl groups is 2. The summed E-state index contributed by atoms with van der Waals surface area (Å²) in [5.74, 6) is -1.61. The van der Waals surface area contributed by atoms with Gasteiger partial charge < -0.3 is 21.1 Å². The number of phenols is 2. The van der Waals surface area contributed by atoms with Crippen LogP contribution in [0.3, 0.4) is 0 Å². The van der Waals surface area contributed by atoms with Gasteiger partial charge in [-0.25, -0.2) is 4.79 Å². The third-order valence-electron chi connectivity index (χ3n) is 2.32. The second kappa shape index (κ2) is 3.43. The van der Waals surface area contributed by atoms with Crippen molar-refractivity contribution in [3.05, 3.63) is 23.3 Å². The van der Waals surface area contributed by atoms with Crippen molar-refractivity contribution < 1.29 is 20.1 Å². The van der Waals surface area contributed by atoms with Gasteiger partial charge in [0.2, 0.25) is 0 Å². The second-order valence-electron chi connectivity index (χ2n) is 3.66. The van der Waals surface area contributed by atoms with E-state index in [-0.39, 0.29) is 17.1 Å². The number of phenolic OH excluding ortho intramolecular Hbond substituents is 2. The highest BCUT2D eigenvalue weighted by atomic mass is 16.4. The number of nitrogens with two attached hydrogens (primary N) is 1. The van der Waals surface area contributed by atoms with Crippen molar-refractivity contribution in [1.82, 2.24) is 0 Å². The first-order valence-electron chi connectivity index (χ1n) is 4.32. The molecule has 1 rings (SSSR count). The molecule has 5 nitrogen and oxygen atoms in total. The zero-order valence-electron chi connectivity index (χ0n) is 8.48. The number of hydrogen-bond acceptors (Lipinski definition) is 4. The molecule has 5 heteroatoms. The van der Waals surface area contributed by atoms with E-state index in [1.165, 1.54) is 19.1 Å². The summed E-state index contributed by atoms with van der Waals surface area (Å²) < 4.78 is 0. The predicted octanol–water partition coefficient (Wildman–Crippen LogP) is 0.665. The molecule has 1 aromatic rings. The van der Waals surface area contributed by atoms with E-state index in [9.17, 15) is 15.0 Å². The van der Waals surface area contributed by atoms with Gasteiger partial charge in [0, 0.05) is 5.56 Å². The van der Waals surface area contributed by atoms with E-state index in [1.807, 2.05) is 0 Å². The highest BCUT2D eigenvalue weighted by Crippen LogP contribution is 2.33. The Balaban J connectivity index is 3.38. The molecule has 1 atom stereocenters. The van der Waals surface area contributed by atoms with E-state index in [0.717, 1.165) is 0 Å². The normalized spacial score (nSPS) is 14.6. The van der Waals surface area contributed by atoms with Crippen LogP contribution in [0.15, 0.2) is 12.1 Å². The zero-order chi connectivity index (χ0) is 11.8. The summed E-state index contributed by atoms with van der Waals surface area (Å²) in [6, 6.07) is 2.44. The largest absolute Gasteiger partial charge is 0.508 e. The smallest absolute Gasteiger partial charge is 0.328 e. The Labute approximate surface area is 86.8 Å². The Morgan fingerprint density at radius 3 is 2.33 bits per heavy atom. The average Bonchev–Trinajstić information content (AvgIpc) is 2.10. The van der Waals surface area contributed by atoms with E-state index in [2.05, 4.69) is 0 Å².